The van der Waals surface area contributed by atoms with Crippen LogP contribution in [0.2, 0.25) is 0 Å². The molecule has 5 heteroatoms. The van der Waals surface area contributed by atoms with Gasteiger partial charge < -0.3 is 5.32 Å². The first-order valence-electron chi connectivity index (χ1n) is 8.89. The molecule has 0 aliphatic heterocycles. The number of nitrogens with one attached hydrogen (secondary N) is 1. The van der Waals surface area contributed by atoms with Crippen LogP contribution in [0.15, 0.2) is 42.9 Å². The second-order valence-corrected chi connectivity index (χ2v) is 6.86. The molecule has 1 N–H and O–H groups in total. The van der Waals surface area contributed by atoms with E-state index in [1.165, 1.54) is 6.42 Å². The highest BCUT2D eigenvalue weighted by atomic mass is 16.1. The second kappa shape index (κ2) is 6.67. The highest BCUT2D eigenvalue weighted by Gasteiger charge is 2.21. The van der Waals surface area contributed by atoms with E-state index in [1.807, 2.05) is 31.7 Å². The number of pyridine rings is 1. The van der Waals surface area contributed by atoms with Gasteiger partial charge in [-0.15, -0.1) is 0 Å². The van der Waals surface area contributed by atoms with Crippen molar-refractivity contribution in [1.82, 2.24) is 14.8 Å². The molecule has 4 rings (SSSR count). The zero-order chi connectivity index (χ0) is 17.2. The minimum absolute atomic E-state index is 0.106. The van der Waals surface area contributed by atoms with Crippen LogP contribution in [0.3, 0.4) is 0 Å². The number of amides is 1. The van der Waals surface area contributed by atoms with Crippen LogP contribution in [0.4, 0.5) is 5.82 Å². The molecule has 1 aliphatic rings. The Labute approximate surface area is 147 Å². The lowest BCUT2D eigenvalue weighted by molar-refractivity contribution is -0.120. The van der Waals surface area contributed by atoms with Crippen LogP contribution in [-0.2, 0) is 11.8 Å². The Kier molecular flexibility index (Phi) is 4.22. The molecule has 1 saturated carbocycles. The van der Waals surface area contributed by atoms with Crippen LogP contribution >= 0.6 is 0 Å². The quantitative estimate of drug-likeness (QED) is 0.782. The molecule has 5 nitrogen and oxygen atoms in total. The summed E-state index contributed by atoms with van der Waals surface area (Å²) in [5.41, 5.74) is 2.19. The van der Waals surface area contributed by atoms with Gasteiger partial charge in [-0.1, -0.05) is 31.4 Å². The fourth-order valence-electron chi connectivity index (χ4n) is 3.55. The smallest absolute Gasteiger partial charge is 0.228 e. The summed E-state index contributed by atoms with van der Waals surface area (Å²) in [7, 11) is 1.91. The molecule has 25 heavy (non-hydrogen) atoms. The summed E-state index contributed by atoms with van der Waals surface area (Å²) in [4.78, 5) is 16.8. The average molecular weight is 334 g/mol. The fraction of sp³-hybridized carbons (Fsp3) is 0.350. The minimum Gasteiger partial charge on any atom is -0.310 e. The predicted molar refractivity (Wildman–Crippen MR) is 99.1 cm³/mol. The van der Waals surface area contributed by atoms with E-state index in [1.54, 1.807) is 4.68 Å². The van der Waals surface area contributed by atoms with E-state index in [0.29, 0.717) is 5.82 Å². The van der Waals surface area contributed by atoms with Crippen LogP contribution in [0.25, 0.3) is 21.9 Å². The van der Waals surface area contributed by atoms with Crippen molar-refractivity contribution < 1.29 is 4.79 Å². The molecule has 0 unspecified atom stereocenters. The number of aromatic nitrogens is 3. The normalized spacial score (nSPS) is 15.4. The van der Waals surface area contributed by atoms with Crippen molar-refractivity contribution in [2.24, 2.45) is 13.0 Å². The Balaban J connectivity index is 1.59. The van der Waals surface area contributed by atoms with Gasteiger partial charge in [0.05, 0.1) is 6.20 Å². The molecule has 1 aliphatic carbocycles. The van der Waals surface area contributed by atoms with E-state index in [0.717, 1.165) is 47.6 Å². The number of carbonyl (C=O) groups excluding carboxylic acids is 1. The van der Waals surface area contributed by atoms with E-state index in [2.05, 4.69) is 33.6 Å². The van der Waals surface area contributed by atoms with Gasteiger partial charge in [0, 0.05) is 36.3 Å². The molecule has 128 valence electrons. The second-order valence-electron chi connectivity index (χ2n) is 6.86. The molecule has 2 heterocycles. The zero-order valence-electron chi connectivity index (χ0n) is 14.4. The van der Waals surface area contributed by atoms with Crippen molar-refractivity contribution in [2.75, 3.05) is 5.32 Å². The van der Waals surface area contributed by atoms with E-state index in [4.69, 9.17) is 0 Å². The third kappa shape index (κ3) is 3.40. The number of benzene rings is 1. The molecule has 1 aromatic carbocycles. The van der Waals surface area contributed by atoms with E-state index in [9.17, 15) is 4.79 Å². The molecular weight excluding hydrogens is 312 g/mol. The fourth-order valence-corrected chi connectivity index (χ4v) is 3.55. The standard InChI is InChI=1S/C20H22N4O/c1-24-13-18(12-22-24)15-7-8-16-11-21-19(10-17(16)9-15)23-20(25)14-5-3-2-4-6-14/h7-14H,2-6H2,1H3,(H,21,23,25). The lowest BCUT2D eigenvalue weighted by Gasteiger charge is -2.20. The van der Waals surface area contributed by atoms with Crippen molar-refractivity contribution in [3.8, 4) is 11.1 Å². The van der Waals surface area contributed by atoms with Crippen molar-refractivity contribution in [3.63, 3.8) is 0 Å². The first-order chi connectivity index (χ1) is 12.2. The maximum Gasteiger partial charge on any atom is 0.228 e. The largest absolute Gasteiger partial charge is 0.310 e. The third-order valence-electron chi connectivity index (χ3n) is 4.99. The number of hydrogen-bond donors (Lipinski definition) is 1. The van der Waals surface area contributed by atoms with Gasteiger partial charge in [0.2, 0.25) is 5.91 Å². The van der Waals surface area contributed by atoms with Crippen molar-refractivity contribution in [3.05, 3.63) is 42.9 Å². The molecule has 0 spiro atoms. The molecule has 0 bridgehead atoms. The predicted octanol–water partition coefficient (Wildman–Crippen LogP) is 4.15. The van der Waals surface area contributed by atoms with Gasteiger partial charge in [-0.25, -0.2) is 4.98 Å². The van der Waals surface area contributed by atoms with E-state index in [-0.39, 0.29) is 11.8 Å². The molecule has 3 aromatic rings. The monoisotopic (exact) mass is 334 g/mol. The number of fused-ring (bicyclic) bond motifs is 1. The zero-order valence-corrected chi connectivity index (χ0v) is 14.4. The summed E-state index contributed by atoms with van der Waals surface area (Å²) in [6.45, 7) is 0. The molecule has 1 fully saturated rings. The summed E-state index contributed by atoms with van der Waals surface area (Å²) in [5, 5.41) is 9.35. The lowest BCUT2D eigenvalue weighted by Crippen LogP contribution is -2.25. The summed E-state index contributed by atoms with van der Waals surface area (Å²) in [6.07, 6.45) is 11.2. The van der Waals surface area contributed by atoms with Crippen LogP contribution < -0.4 is 5.32 Å². The summed E-state index contributed by atoms with van der Waals surface area (Å²) in [6, 6.07) is 8.19. The van der Waals surface area contributed by atoms with Crippen LogP contribution in [0.5, 0.6) is 0 Å². The Morgan fingerprint density at radius 2 is 1.92 bits per heavy atom. The lowest BCUT2D eigenvalue weighted by atomic mass is 9.89. The Hall–Kier alpha value is -2.69. The van der Waals surface area contributed by atoms with Crippen LogP contribution in [0, 0.1) is 5.92 Å². The maximum atomic E-state index is 12.4. The van der Waals surface area contributed by atoms with E-state index >= 15 is 0 Å². The number of nitrogens with zero attached hydrogens (tertiary/aromatic N) is 3. The molecule has 0 saturated heterocycles. The van der Waals surface area contributed by atoms with Gasteiger partial charge in [0.25, 0.3) is 0 Å². The van der Waals surface area contributed by atoms with Gasteiger partial charge in [0.15, 0.2) is 0 Å². The van der Waals surface area contributed by atoms with Gasteiger partial charge in [-0.2, -0.15) is 5.10 Å². The summed E-state index contributed by atoms with van der Waals surface area (Å²) < 4.78 is 1.79. The van der Waals surface area contributed by atoms with Gasteiger partial charge in [0.1, 0.15) is 5.82 Å². The van der Waals surface area contributed by atoms with Gasteiger partial charge >= 0.3 is 0 Å². The topological polar surface area (TPSA) is 59.8 Å². The van der Waals surface area contributed by atoms with Gasteiger partial charge in [-0.3, -0.25) is 9.48 Å². The highest BCUT2D eigenvalue weighted by molar-refractivity contribution is 5.95. The minimum atomic E-state index is 0.106. The molecule has 0 atom stereocenters. The number of anilines is 1. The Morgan fingerprint density at radius 3 is 2.68 bits per heavy atom. The Morgan fingerprint density at radius 1 is 1.08 bits per heavy atom. The number of rotatable bonds is 3. The van der Waals surface area contributed by atoms with Crippen LogP contribution in [0.1, 0.15) is 32.1 Å². The third-order valence-corrected chi connectivity index (χ3v) is 4.99. The summed E-state index contributed by atoms with van der Waals surface area (Å²) in [5.74, 6) is 0.870. The SMILES string of the molecule is Cn1cc(-c2ccc3cnc(NC(=O)C4CCCCC4)cc3c2)cn1. The number of carbonyl (C=O) groups is 1. The first-order valence-corrected chi connectivity index (χ1v) is 8.89. The summed E-state index contributed by atoms with van der Waals surface area (Å²) >= 11 is 0. The molecular formula is C20H22N4O. The number of aryl methyl sites for hydroxylation is 1. The average Bonchev–Trinajstić information content (AvgIpc) is 3.08. The van der Waals surface area contributed by atoms with Crippen LogP contribution in [-0.4, -0.2) is 20.7 Å². The molecule has 2 aromatic heterocycles. The molecule has 0 radical (unpaired) electrons. The number of hydrogen-bond acceptors (Lipinski definition) is 3. The Bertz CT molecular complexity index is 909. The van der Waals surface area contributed by atoms with E-state index < -0.39 is 0 Å². The van der Waals surface area contributed by atoms with Crippen molar-refractivity contribution >= 4 is 22.5 Å². The maximum absolute atomic E-state index is 12.4. The van der Waals surface area contributed by atoms with Gasteiger partial charge in [-0.05, 0) is 35.9 Å². The van der Waals surface area contributed by atoms with Crippen molar-refractivity contribution in [2.45, 2.75) is 32.1 Å². The first kappa shape index (κ1) is 15.8. The molecule has 1 amide bonds. The van der Waals surface area contributed by atoms with Crippen molar-refractivity contribution in [1.29, 1.82) is 0 Å². The highest BCUT2D eigenvalue weighted by Crippen LogP contribution is 2.27.